The summed E-state index contributed by atoms with van der Waals surface area (Å²) in [6.45, 7) is 2.34. The quantitative estimate of drug-likeness (QED) is 0.269. The van der Waals surface area contributed by atoms with E-state index in [4.69, 9.17) is 9.47 Å². The SMILES string of the molecule is CC(OCc1ccccc1)C(NC(=O)OCC1c2ccccc2-c2ccccc21)C(=O)NCC(CC(=O)O)C1CC1. The van der Waals surface area contributed by atoms with Crippen LogP contribution in [0.1, 0.15) is 48.8 Å². The average molecular weight is 557 g/mol. The van der Waals surface area contributed by atoms with Gasteiger partial charge in [-0.25, -0.2) is 4.79 Å². The molecule has 8 heteroatoms. The molecule has 5 rings (SSSR count). The lowest BCUT2D eigenvalue weighted by atomic mass is 9.98. The topological polar surface area (TPSA) is 114 Å². The molecule has 0 radical (unpaired) electrons. The van der Waals surface area contributed by atoms with Gasteiger partial charge in [0.2, 0.25) is 5.91 Å². The van der Waals surface area contributed by atoms with E-state index >= 15 is 0 Å². The molecule has 41 heavy (non-hydrogen) atoms. The molecular weight excluding hydrogens is 520 g/mol. The molecule has 2 amide bonds. The Bertz CT molecular complexity index is 1330. The summed E-state index contributed by atoms with van der Waals surface area (Å²) in [4.78, 5) is 37.7. The summed E-state index contributed by atoms with van der Waals surface area (Å²) in [6.07, 6.45) is 0.536. The minimum absolute atomic E-state index is 0.00448. The lowest BCUT2D eigenvalue weighted by Gasteiger charge is -2.26. The van der Waals surface area contributed by atoms with Crippen LogP contribution in [-0.2, 0) is 25.7 Å². The summed E-state index contributed by atoms with van der Waals surface area (Å²) in [7, 11) is 0. The van der Waals surface area contributed by atoms with E-state index in [1.807, 2.05) is 66.7 Å². The second kappa shape index (κ2) is 13.0. The first kappa shape index (κ1) is 28.4. The molecule has 0 aliphatic heterocycles. The molecule has 0 aromatic heterocycles. The van der Waals surface area contributed by atoms with E-state index in [9.17, 15) is 19.5 Å². The molecule has 3 aromatic carbocycles. The van der Waals surface area contributed by atoms with Crippen molar-refractivity contribution >= 4 is 18.0 Å². The number of aliphatic carboxylic acids is 1. The highest BCUT2D eigenvalue weighted by atomic mass is 16.5. The fourth-order valence-electron chi connectivity index (χ4n) is 5.60. The number of fused-ring (bicyclic) bond motifs is 3. The number of hydrogen-bond acceptors (Lipinski definition) is 5. The average Bonchev–Trinajstić information content (AvgIpc) is 3.78. The monoisotopic (exact) mass is 556 g/mol. The maximum absolute atomic E-state index is 13.3. The van der Waals surface area contributed by atoms with Gasteiger partial charge in [-0.3, -0.25) is 9.59 Å². The van der Waals surface area contributed by atoms with Crippen molar-refractivity contribution < 1.29 is 29.0 Å². The molecule has 0 bridgehead atoms. The van der Waals surface area contributed by atoms with Gasteiger partial charge in [0.1, 0.15) is 12.6 Å². The van der Waals surface area contributed by atoms with Crippen LogP contribution in [0.3, 0.4) is 0 Å². The number of carbonyl (C=O) groups excluding carboxylic acids is 2. The van der Waals surface area contributed by atoms with Crippen LogP contribution in [0, 0.1) is 11.8 Å². The first-order valence-electron chi connectivity index (χ1n) is 14.2. The predicted molar refractivity (Wildman–Crippen MR) is 154 cm³/mol. The van der Waals surface area contributed by atoms with Gasteiger partial charge in [-0.2, -0.15) is 0 Å². The van der Waals surface area contributed by atoms with Crippen molar-refractivity contribution in [3.05, 3.63) is 95.6 Å². The van der Waals surface area contributed by atoms with Crippen LogP contribution in [0.2, 0.25) is 0 Å². The Kier molecular flexibility index (Phi) is 8.99. The van der Waals surface area contributed by atoms with Crippen molar-refractivity contribution in [1.82, 2.24) is 10.6 Å². The van der Waals surface area contributed by atoms with Gasteiger partial charge in [-0.15, -0.1) is 0 Å². The summed E-state index contributed by atoms with van der Waals surface area (Å²) in [5, 5.41) is 14.9. The predicted octanol–water partition coefficient (Wildman–Crippen LogP) is 5.12. The van der Waals surface area contributed by atoms with Gasteiger partial charge >= 0.3 is 12.1 Å². The number of nitrogens with one attached hydrogen (secondary N) is 2. The Morgan fingerprint density at radius 3 is 2.12 bits per heavy atom. The number of carbonyl (C=O) groups is 3. The van der Waals surface area contributed by atoms with Crippen LogP contribution in [0.15, 0.2) is 78.9 Å². The number of rotatable bonds is 13. The maximum atomic E-state index is 13.3. The van der Waals surface area contributed by atoms with Gasteiger partial charge in [0.05, 0.1) is 19.1 Å². The summed E-state index contributed by atoms with van der Waals surface area (Å²) in [5.74, 6) is -1.28. The number of carboxylic acid groups (broad SMARTS) is 1. The Labute approximate surface area is 240 Å². The van der Waals surface area contributed by atoms with Crippen LogP contribution in [0.4, 0.5) is 4.79 Å². The van der Waals surface area contributed by atoms with Gasteiger partial charge in [-0.05, 0) is 59.4 Å². The van der Waals surface area contributed by atoms with Crippen molar-refractivity contribution in [2.75, 3.05) is 13.2 Å². The number of amides is 2. The number of alkyl carbamates (subject to hydrolysis) is 1. The number of hydrogen-bond donors (Lipinski definition) is 3. The van der Waals surface area contributed by atoms with E-state index in [1.54, 1.807) is 6.92 Å². The van der Waals surface area contributed by atoms with E-state index < -0.39 is 30.1 Å². The smallest absolute Gasteiger partial charge is 0.407 e. The molecular formula is C33H36N2O6. The fourth-order valence-corrected chi connectivity index (χ4v) is 5.60. The molecule has 2 aliphatic rings. The largest absolute Gasteiger partial charge is 0.481 e. The van der Waals surface area contributed by atoms with Gasteiger partial charge in [0.15, 0.2) is 0 Å². The van der Waals surface area contributed by atoms with Crippen molar-refractivity contribution in [1.29, 1.82) is 0 Å². The molecule has 3 unspecified atom stereocenters. The first-order chi connectivity index (χ1) is 19.9. The third-order valence-corrected chi connectivity index (χ3v) is 7.99. The molecule has 214 valence electrons. The highest BCUT2D eigenvalue weighted by Crippen LogP contribution is 2.44. The third kappa shape index (κ3) is 7.13. The Morgan fingerprint density at radius 1 is 0.902 bits per heavy atom. The van der Waals surface area contributed by atoms with Crippen LogP contribution in [0.25, 0.3) is 11.1 Å². The van der Waals surface area contributed by atoms with E-state index in [0.717, 1.165) is 40.7 Å². The zero-order chi connectivity index (χ0) is 28.8. The van der Waals surface area contributed by atoms with Crippen molar-refractivity contribution in [2.45, 2.75) is 50.9 Å². The van der Waals surface area contributed by atoms with Gasteiger partial charge in [0, 0.05) is 12.5 Å². The molecule has 3 aromatic rings. The summed E-state index contributed by atoms with van der Waals surface area (Å²) < 4.78 is 11.7. The zero-order valence-corrected chi connectivity index (χ0v) is 23.1. The van der Waals surface area contributed by atoms with E-state index in [2.05, 4.69) is 22.8 Å². The summed E-state index contributed by atoms with van der Waals surface area (Å²) in [6, 6.07) is 24.7. The molecule has 3 N–H and O–H groups in total. The van der Waals surface area contributed by atoms with Gasteiger partial charge < -0.3 is 25.2 Å². The summed E-state index contributed by atoms with van der Waals surface area (Å²) >= 11 is 0. The number of benzene rings is 3. The number of carboxylic acids is 1. The lowest BCUT2D eigenvalue weighted by molar-refractivity contribution is -0.138. The zero-order valence-electron chi connectivity index (χ0n) is 23.1. The van der Waals surface area contributed by atoms with Crippen LogP contribution < -0.4 is 10.6 Å². The standard InChI is InChI=1S/C33H36N2O6/c1-21(40-19-22-9-3-2-4-10-22)31(32(38)34-18-24(17-30(36)37)23-15-16-23)35-33(39)41-20-29-27-13-7-5-11-25(27)26-12-6-8-14-28(26)29/h2-14,21,23-24,29,31H,15-20H2,1H3,(H,34,38)(H,35,39)(H,36,37). The van der Waals surface area contributed by atoms with Crippen molar-refractivity contribution in [2.24, 2.45) is 11.8 Å². The third-order valence-electron chi connectivity index (χ3n) is 7.99. The van der Waals surface area contributed by atoms with Crippen molar-refractivity contribution in [3.63, 3.8) is 0 Å². The second-order valence-corrected chi connectivity index (χ2v) is 10.9. The highest BCUT2D eigenvalue weighted by molar-refractivity contribution is 5.86. The van der Waals surface area contributed by atoms with Crippen molar-refractivity contribution in [3.8, 4) is 11.1 Å². The Balaban J connectivity index is 1.24. The van der Waals surface area contributed by atoms with Gasteiger partial charge in [-0.1, -0.05) is 78.9 Å². The second-order valence-electron chi connectivity index (χ2n) is 10.9. The minimum atomic E-state index is -1.03. The van der Waals surface area contributed by atoms with Gasteiger partial charge in [0.25, 0.3) is 0 Å². The molecule has 0 heterocycles. The molecule has 1 saturated carbocycles. The summed E-state index contributed by atoms with van der Waals surface area (Å²) in [5.41, 5.74) is 5.39. The highest BCUT2D eigenvalue weighted by Gasteiger charge is 2.35. The molecule has 1 fully saturated rings. The minimum Gasteiger partial charge on any atom is -0.481 e. The Morgan fingerprint density at radius 2 is 1.51 bits per heavy atom. The van der Waals surface area contributed by atoms with E-state index in [1.165, 1.54) is 0 Å². The first-order valence-corrected chi connectivity index (χ1v) is 14.2. The van der Waals surface area contributed by atoms with E-state index in [-0.39, 0.29) is 38.0 Å². The normalized spacial score (nSPS) is 16.1. The Hall–Kier alpha value is -4.17. The van der Waals surface area contributed by atoms with Crippen LogP contribution in [-0.4, -0.2) is 48.4 Å². The molecule has 0 spiro atoms. The molecule has 0 saturated heterocycles. The van der Waals surface area contributed by atoms with E-state index in [0.29, 0.717) is 5.92 Å². The lowest BCUT2D eigenvalue weighted by Crippen LogP contribution is -2.54. The molecule has 8 nitrogen and oxygen atoms in total. The van der Waals surface area contributed by atoms with Crippen LogP contribution >= 0.6 is 0 Å². The molecule has 2 aliphatic carbocycles. The maximum Gasteiger partial charge on any atom is 0.407 e. The van der Waals surface area contributed by atoms with Crippen LogP contribution in [0.5, 0.6) is 0 Å². The fraction of sp³-hybridized carbons (Fsp3) is 0.364. The molecule has 3 atom stereocenters. The number of ether oxygens (including phenoxy) is 2.